The van der Waals surface area contributed by atoms with Crippen LogP contribution in [0.4, 0.5) is 5.13 Å². The predicted octanol–water partition coefficient (Wildman–Crippen LogP) is 1.54. The Labute approximate surface area is 143 Å². The molecular weight excluding hydrogens is 352 g/mol. The van der Waals surface area contributed by atoms with E-state index in [1.807, 2.05) is 18.2 Å². The first-order valence-electron chi connectivity index (χ1n) is 7.22. The molecule has 3 rings (SSSR count). The van der Waals surface area contributed by atoms with Crippen LogP contribution in [0, 0.1) is 0 Å². The Balaban J connectivity index is 1.65. The van der Waals surface area contributed by atoms with E-state index in [1.165, 1.54) is 6.20 Å². The predicted molar refractivity (Wildman–Crippen MR) is 90.1 cm³/mol. The summed E-state index contributed by atoms with van der Waals surface area (Å²) in [4.78, 5) is 16.4. The SMILES string of the molecule is NS(=O)(=O)N1CCCC1C(=O)Nc1ncc(Oc2ccccc2)s1. The molecular formula is C14H16N4O4S2. The van der Waals surface area contributed by atoms with Gasteiger partial charge >= 0.3 is 0 Å². The molecule has 128 valence electrons. The van der Waals surface area contributed by atoms with Crippen molar-refractivity contribution in [3.05, 3.63) is 36.5 Å². The zero-order chi connectivity index (χ0) is 17.2. The maximum atomic E-state index is 12.3. The fourth-order valence-electron chi connectivity index (χ4n) is 2.46. The molecule has 1 unspecified atom stereocenters. The molecule has 3 N–H and O–H groups in total. The lowest BCUT2D eigenvalue weighted by Gasteiger charge is -2.20. The quantitative estimate of drug-likeness (QED) is 0.831. The molecule has 24 heavy (non-hydrogen) atoms. The molecule has 0 radical (unpaired) electrons. The van der Waals surface area contributed by atoms with Gasteiger partial charge in [0, 0.05) is 6.54 Å². The van der Waals surface area contributed by atoms with Crippen LogP contribution in [0.15, 0.2) is 36.5 Å². The minimum atomic E-state index is -3.89. The van der Waals surface area contributed by atoms with Gasteiger partial charge in [-0.1, -0.05) is 29.5 Å². The van der Waals surface area contributed by atoms with Crippen LogP contribution in [0.25, 0.3) is 0 Å². The molecule has 1 aliphatic rings. The van der Waals surface area contributed by atoms with Crippen molar-refractivity contribution in [2.24, 2.45) is 5.14 Å². The number of nitrogens with two attached hydrogens (primary N) is 1. The van der Waals surface area contributed by atoms with Crippen LogP contribution in [0.3, 0.4) is 0 Å². The average Bonchev–Trinajstić information content (AvgIpc) is 3.17. The van der Waals surface area contributed by atoms with Crippen molar-refractivity contribution < 1.29 is 17.9 Å². The number of hydrogen-bond donors (Lipinski definition) is 2. The van der Waals surface area contributed by atoms with Crippen molar-refractivity contribution in [1.82, 2.24) is 9.29 Å². The van der Waals surface area contributed by atoms with Crippen molar-refractivity contribution in [1.29, 1.82) is 0 Å². The summed E-state index contributed by atoms with van der Waals surface area (Å²) in [6, 6.07) is 8.38. The molecule has 2 heterocycles. The average molecular weight is 368 g/mol. The van der Waals surface area contributed by atoms with Gasteiger partial charge in [-0.15, -0.1) is 0 Å². The fourth-order valence-corrected chi connectivity index (χ4v) is 4.09. The zero-order valence-electron chi connectivity index (χ0n) is 12.6. The Kier molecular flexibility index (Phi) is 4.81. The van der Waals surface area contributed by atoms with E-state index in [2.05, 4.69) is 10.3 Å². The number of nitrogens with one attached hydrogen (secondary N) is 1. The first-order valence-corrected chi connectivity index (χ1v) is 9.54. The highest BCUT2D eigenvalue weighted by Gasteiger charge is 2.37. The minimum Gasteiger partial charge on any atom is -0.445 e. The van der Waals surface area contributed by atoms with Gasteiger partial charge < -0.3 is 10.1 Å². The number of aromatic nitrogens is 1. The summed E-state index contributed by atoms with van der Waals surface area (Å²) in [5.74, 6) is 0.220. The van der Waals surface area contributed by atoms with E-state index in [0.717, 1.165) is 15.6 Å². The minimum absolute atomic E-state index is 0.247. The number of nitrogens with zero attached hydrogens (tertiary/aromatic N) is 2. The second-order valence-corrected chi connectivity index (χ2v) is 7.69. The second kappa shape index (κ2) is 6.85. The van der Waals surface area contributed by atoms with Crippen LogP contribution in [0.1, 0.15) is 12.8 Å². The highest BCUT2D eigenvalue weighted by Crippen LogP contribution is 2.30. The lowest BCUT2D eigenvalue weighted by molar-refractivity contribution is -0.119. The lowest BCUT2D eigenvalue weighted by atomic mass is 10.2. The van der Waals surface area contributed by atoms with Crippen LogP contribution in [0.5, 0.6) is 10.8 Å². The van der Waals surface area contributed by atoms with Crippen molar-refractivity contribution in [2.45, 2.75) is 18.9 Å². The monoisotopic (exact) mass is 368 g/mol. The van der Waals surface area contributed by atoms with E-state index in [-0.39, 0.29) is 6.54 Å². The fraction of sp³-hybridized carbons (Fsp3) is 0.286. The number of amides is 1. The Hall–Kier alpha value is -2.01. The van der Waals surface area contributed by atoms with Crippen LogP contribution >= 0.6 is 11.3 Å². The van der Waals surface area contributed by atoms with Gasteiger partial charge in [-0.05, 0) is 25.0 Å². The van der Waals surface area contributed by atoms with Crippen LogP contribution < -0.4 is 15.2 Å². The Morgan fingerprint density at radius 2 is 2.12 bits per heavy atom. The highest BCUT2D eigenvalue weighted by molar-refractivity contribution is 7.86. The van der Waals surface area contributed by atoms with E-state index in [0.29, 0.717) is 28.8 Å². The molecule has 10 heteroatoms. The molecule has 1 fully saturated rings. The molecule has 0 saturated carbocycles. The molecule has 1 atom stereocenters. The van der Waals surface area contributed by atoms with Gasteiger partial charge in [0.1, 0.15) is 11.8 Å². The lowest BCUT2D eigenvalue weighted by Crippen LogP contribution is -2.46. The summed E-state index contributed by atoms with van der Waals surface area (Å²) >= 11 is 1.16. The van der Waals surface area contributed by atoms with Gasteiger partial charge in [0.25, 0.3) is 10.2 Å². The van der Waals surface area contributed by atoms with Crippen LogP contribution in [0.2, 0.25) is 0 Å². The molecule has 0 bridgehead atoms. The van der Waals surface area contributed by atoms with Crippen molar-refractivity contribution >= 4 is 32.6 Å². The van der Waals surface area contributed by atoms with Crippen LogP contribution in [-0.2, 0) is 15.0 Å². The van der Waals surface area contributed by atoms with Crippen molar-refractivity contribution in [2.75, 3.05) is 11.9 Å². The molecule has 2 aromatic rings. The normalized spacial score (nSPS) is 18.5. The Morgan fingerprint density at radius 1 is 1.38 bits per heavy atom. The van der Waals surface area contributed by atoms with Gasteiger partial charge in [0.05, 0.1) is 6.20 Å². The molecule has 1 saturated heterocycles. The van der Waals surface area contributed by atoms with Crippen molar-refractivity contribution in [3.8, 4) is 10.8 Å². The van der Waals surface area contributed by atoms with Gasteiger partial charge in [0.2, 0.25) is 11.0 Å². The summed E-state index contributed by atoms with van der Waals surface area (Å²) < 4.78 is 29.6. The molecule has 1 amide bonds. The number of hydrogen-bond acceptors (Lipinski definition) is 6. The maximum Gasteiger partial charge on any atom is 0.277 e. The summed E-state index contributed by atoms with van der Waals surface area (Å²) in [6.07, 6.45) is 2.52. The smallest absolute Gasteiger partial charge is 0.277 e. The zero-order valence-corrected chi connectivity index (χ0v) is 14.2. The summed E-state index contributed by atoms with van der Waals surface area (Å²) in [5, 5.41) is 8.62. The number of ether oxygens (including phenoxy) is 1. The third-order valence-electron chi connectivity index (χ3n) is 3.51. The van der Waals surface area contributed by atoms with E-state index in [1.54, 1.807) is 12.1 Å². The van der Waals surface area contributed by atoms with E-state index in [4.69, 9.17) is 9.88 Å². The molecule has 0 spiro atoms. The Morgan fingerprint density at radius 3 is 2.83 bits per heavy atom. The maximum absolute atomic E-state index is 12.3. The number of benzene rings is 1. The van der Waals surface area contributed by atoms with Crippen molar-refractivity contribution in [3.63, 3.8) is 0 Å². The second-order valence-electron chi connectivity index (χ2n) is 5.20. The third-order valence-corrected chi connectivity index (χ3v) is 5.39. The topological polar surface area (TPSA) is 115 Å². The third kappa shape index (κ3) is 3.90. The summed E-state index contributed by atoms with van der Waals surface area (Å²) in [5.41, 5.74) is 0. The summed E-state index contributed by atoms with van der Waals surface area (Å²) in [6.45, 7) is 0.247. The Bertz CT molecular complexity index is 822. The van der Waals surface area contributed by atoms with Gasteiger partial charge in [-0.2, -0.15) is 12.7 Å². The number of rotatable bonds is 5. The number of thiazole rings is 1. The number of anilines is 1. The van der Waals surface area contributed by atoms with Gasteiger partial charge in [0.15, 0.2) is 5.13 Å². The first-order chi connectivity index (χ1) is 11.4. The molecule has 1 aliphatic heterocycles. The van der Waals surface area contributed by atoms with E-state index >= 15 is 0 Å². The standard InChI is InChI=1S/C14H16N4O4S2/c15-24(20,21)18-8-4-7-11(18)13(19)17-14-16-9-12(23-14)22-10-5-2-1-3-6-10/h1-3,5-6,9,11H,4,7-8H2,(H2,15,20,21)(H,16,17,19). The van der Waals surface area contributed by atoms with Crippen LogP contribution in [-0.4, -0.2) is 36.2 Å². The largest absolute Gasteiger partial charge is 0.445 e. The molecule has 0 aliphatic carbocycles. The molecule has 1 aromatic carbocycles. The molecule has 8 nitrogen and oxygen atoms in total. The van der Waals surface area contributed by atoms with Gasteiger partial charge in [-0.25, -0.2) is 10.1 Å². The number of carbonyl (C=O) groups excluding carboxylic acids is 1. The first kappa shape index (κ1) is 16.8. The van der Waals surface area contributed by atoms with Gasteiger partial charge in [-0.3, -0.25) is 4.79 Å². The summed E-state index contributed by atoms with van der Waals surface area (Å²) in [7, 11) is -3.89. The number of para-hydroxylation sites is 1. The van der Waals surface area contributed by atoms with E-state index < -0.39 is 22.2 Å². The number of carbonyl (C=O) groups is 1. The molecule has 1 aromatic heterocycles. The van der Waals surface area contributed by atoms with E-state index in [9.17, 15) is 13.2 Å². The highest BCUT2D eigenvalue weighted by atomic mass is 32.2.